The van der Waals surface area contributed by atoms with Crippen molar-refractivity contribution in [1.29, 1.82) is 0 Å². The summed E-state index contributed by atoms with van der Waals surface area (Å²) in [7, 11) is -3.85. The van der Waals surface area contributed by atoms with Gasteiger partial charge >= 0.3 is 5.91 Å². The van der Waals surface area contributed by atoms with E-state index in [1.54, 1.807) is 31.2 Å². The van der Waals surface area contributed by atoms with Gasteiger partial charge < -0.3 is 4.42 Å². The van der Waals surface area contributed by atoms with Crippen LogP contribution < -0.4 is 10.3 Å². The summed E-state index contributed by atoms with van der Waals surface area (Å²) < 4.78 is 30.1. The topological polar surface area (TPSA) is 88.4 Å². The molecular formula is C18H18N2O4S. The molecule has 1 amide bonds. The second-order valence-electron chi connectivity index (χ2n) is 5.61. The number of rotatable bonds is 5. The molecule has 2 aromatic carbocycles. The van der Waals surface area contributed by atoms with Crippen molar-refractivity contribution in [1.82, 2.24) is 10.3 Å². The molecule has 0 fully saturated rings. The fourth-order valence-corrected chi connectivity index (χ4v) is 3.36. The van der Waals surface area contributed by atoms with Crippen molar-refractivity contribution in [3.05, 3.63) is 65.4 Å². The van der Waals surface area contributed by atoms with Crippen LogP contribution in [0.25, 0.3) is 11.0 Å². The first kappa shape index (κ1) is 17.2. The molecule has 0 saturated carbocycles. The van der Waals surface area contributed by atoms with Gasteiger partial charge in [-0.1, -0.05) is 37.3 Å². The SMILES string of the molecule is CCc1ccc(S(=O)(=O)NNC(=O)c2oc3ccccc3c2C)cc1. The van der Waals surface area contributed by atoms with Crippen LogP contribution in [0.4, 0.5) is 0 Å². The van der Waals surface area contributed by atoms with Gasteiger partial charge in [0.15, 0.2) is 5.76 Å². The number of benzene rings is 2. The van der Waals surface area contributed by atoms with Gasteiger partial charge in [-0.3, -0.25) is 10.2 Å². The maximum atomic E-state index is 12.3. The van der Waals surface area contributed by atoms with Gasteiger partial charge in [0, 0.05) is 10.9 Å². The van der Waals surface area contributed by atoms with Gasteiger partial charge in [-0.25, -0.2) is 8.42 Å². The number of carbonyl (C=O) groups is 1. The van der Waals surface area contributed by atoms with E-state index < -0.39 is 15.9 Å². The molecule has 0 aliphatic rings. The van der Waals surface area contributed by atoms with Gasteiger partial charge in [0.2, 0.25) is 0 Å². The number of carbonyl (C=O) groups excluding carboxylic acids is 1. The number of amides is 1. The first-order valence-electron chi connectivity index (χ1n) is 7.81. The molecule has 0 radical (unpaired) electrons. The average molecular weight is 358 g/mol. The summed E-state index contributed by atoms with van der Waals surface area (Å²) in [5.41, 5.74) is 4.45. The zero-order valence-corrected chi connectivity index (χ0v) is 14.7. The molecule has 0 aliphatic carbocycles. The predicted octanol–water partition coefficient (Wildman–Crippen LogP) is 2.93. The second kappa shape index (κ2) is 6.70. The fourth-order valence-electron chi connectivity index (χ4n) is 2.52. The van der Waals surface area contributed by atoms with Crippen molar-refractivity contribution in [3.8, 4) is 0 Å². The number of aryl methyl sites for hydroxylation is 2. The Morgan fingerprint density at radius 2 is 1.76 bits per heavy atom. The number of fused-ring (bicyclic) bond motifs is 1. The Balaban J connectivity index is 1.77. The highest BCUT2D eigenvalue weighted by molar-refractivity contribution is 7.89. The first-order valence-corrected chi connectivity index (χ1v) is 9.30. The van der Waals surface area contributed by atoms with E-state index in [4.69, 9.17) is 4.42 Å². The van der Waals surface area contributed by atoms with Gasteiger partial charge in [0.1, 0.15) is 5.58 Å². The Morgan fingerprint density at radius 1 is 1.08 bits per heavy atom. The minimum atomic E-state index is -3.85. The van der Waals surface area contributed by atoms with E-state index >= 15 is 0 Å². The van der Waals surface area contributed by atoms with Crippen LogP contribution in [0.1, 0.15) is 28.6 Å². The minimum absolute atomic E-state index is 0.0743. The number of sulfonamides is 1. The van der Waals surface area contributed by atoms with Gasteiger partial charge in [0.25, 0.3) is 10.0 Å². The Kier molecular flexibility index (Phi) is 4.61. The van der Waals surface area contributed by atoms with Crippen molar-refractivity contribution in [2.24, 2.45) is 0 Å². The number of hydrazine groups is 1. The monoisotopic (exact) mass is 358 g/mol. The molecule has 0 unspecified atom stereocenters. The third kappa shape index (κ3) is 3.42. The molecule has 7 heteroatoms. The van der Waals surface area contributed by atoms with E-state index in [0.29, 0.717) is 11.1 Å². The van der Waals surface area contributed by atoms with Crippen LogP contribution >= 0.6 is 0 Å². The Labute approximate surface area is 145 Å². The van der Waals surface area contributed by atoms with Crippen LogP contribution in [0, 0.1) is 6.92 Å². The number of nitrogens with one attached hydrogen (secondary N) is 2. The lowest BCUT2D eigenvalue weighted by Crippen LogP contribution is -2.41. The van der Waals surface area contributed by atoms with E-state index in [9.17, 15) is 13.2 Å². The highest BCUT2D eigenvalue weighted by atomic mass is 32.2. The van der Waals surface area contributed by atoms with Crippen LogP contribution in [0.15, 0.2) is 57.8 Å². The van der Waals surface area contributed by atoms with Crippen LogP contribution in [0.5, 0.6) is 0 Å². The highest BCUT2D eigenvalue weighted by Gasteiger charge is 2.20. The Hall–Kier alpha value is -2.64. The smallest absolute Gasteiger partial charge is 0.302 e. The summed E-state index contributed by atoms with van der Waals surface area (Å²) in [6.07, 6.45) is 0.815. The van der Waals surface area contributed by atoms with Crippen molar-refractivity contribution < 1.29 is 17.6 Å². The molecule has 1 aromatic heterocycles. The zero-order valence-electron chi connectivity index (χ0n) is 13.9. The maximum Gasteiger partial charge on any atom is 0.302 e. The maximum absolute atomic E-state index is 12.3. The largest absolute Gasteiger partial charge is 0.451 e. The molecule has 3 aromatic rings. The van der Waals surface area contributed by atoms with Crippen molar-refractivity contribution >= 4 is 26.9 Å². The first-order chi connectivity index (χ1) is 11.9. The normalized spacial score (nSPS) is 11.6. The lowest BCUT2D eigenvalue weighted by molar-refractivity contribution is 0.0918. The molecule has 3 rings (SSSR count). The summed E-state index contributed by atoms with van der Waals surface area (Å²) in [6.45, 7) is 3.73. The van der Waals surface area contributed by atoms with Crippen molar-refractivity contribution in [3.63, 3.8) is 0 Å². The van der Waals surface area contributed by atoms with Crippen LogP contribution in [-0.4, -0.2) is 14.3 Å². The Bertz CT molecular complexity index is 1020. The van der Waals surface area contributed by atoms with Crippen LogP contribution in [0.3, 0.4) is 0 Å². The Morgan fingerprint density at radius 3 is 2.40 bits per heavy atom. The molecule has 25 heavy (non-hydrogen) atoms. The third-order valence-electron chi connectivity index (χ3n) is 3.99. The molecule has 6 nitrogen and oxygen atoms in total. The predicted molar refractivity (Wildman–Crippen MR) is 94.6 cm³/mol. The number of hydrogen-bond donors (Lipinski definition) is 2. The lowest BCUT2D eigenvalue weighted by atomic mass is 10.1. The molecule has 0 spiro atoms. The fraction of sp³-hybridized carbons (Fsp3) is 0.167. The van der Waals surface area contributed by atoms with E-state index in [2.05, 4.69) is 10.3 Å². The second-order valence-corrected chi connectivity index (χ2v) is 7.29. The molecule has 0 saturated heterocycles. The van der Waals surface area contributed by atoms with E-state index in [1.165, 1.54) is 12.1 Å². The van der Waals surface area contributed by atoms with Gasteiger partial charge in [-0.15, -0.1) is 4.83 Å². The molecule has 0 aliphatic heterocycles. The summed E-state index contributed by atoms with van der Waals surface area (Å²) in [5, 5.41) is 0.811. The number of hydrogen-bond acceptors (Lipinski definition) is 4. The van der Waals surface area contributed by atoms with Gasteiger partial charge in [-0.2, -0.15) is 0 Å². The van der Waals surface area contributed by atoms with E-state index in [1.807, 2.05) is 19.1 Å². The molecule has 1 heterocycles. The van der Waals surface area contributed by atoms with E-state index in [0.717, 1.165) is 17.4 Å². The third-order valence-corrected chi connectivity index (χ3v) is 5.25. The number of para-hydroxylation sites is 1. The summed E-state index contributed by atoms with van der Waals surface area (Å²) in [4.78, 5) is 14.5. The summed E-state index contributed by atoms with van der Waals surface area (Å²) in [6, 6.07) is 13.7. The molecule has 2 N–H and O–H groups in total. The van der Waals surface area contributed by atoms with Crippen molar-refractivity contribution in [2.75, 3.05) is 0 Å². The molecule has 0 bridgehead atoms. The van der Waals surface area contributed by atoms with Gasteiger partial charge in [0.05, 0.1) is 4.90 Å². The zero-order chi connectivity index (χ0) is 18.0. The molecule has 0 atom stereocenters. The van der Waals surface area contributed by atoms with Crippen molar-refractivity contribution in [2.45, 2.75) is 25.2 Å². The molecule has 130 valence electrons. The molecular weight excluding hydrogens is 340 g/mol. The standard InChI is InChI=1S/C18H18N2O4S/c1-3-13-8-10-14(11-9-13)25(22,23)20-19-18(21)17-12(2)15-6-4-5-7-16(15)24-17/h4-11,20H,3H2,1-2H3,(H,19,21). The summed E-state index contributed by atoms with van der Waals surface area (Å²) in [5.74, 6) is -0.576. The van der Waals surface area contributed by atoms with E-state index in [-0.39, 0.29) is 10.7 Å². The van der Waals surface area contributed by atoms with Crippen LogP contribution in [0.2, 0.25) is 0 Å². The highest BCUT2D eigenvalue weighted by Crippen LogP contribution is 2.24. The quantitative estimate of drug-likeness (QED) is 0.687. The van der Waals surface area contributed by atoms with Gasteiger partial charge in [-0.05, 0) is 37.1 Å². The number of furan rings is 1. The lowest BCUT2D eigenvalue weighted by Gasteiger charge is -2.08. The average Bonchev–Trinajstić information content (AvgIpc) is 2.97. The summed E-state index contributed by atoms with van der Waals surface area (Å²) >= 11 is 0. The minimum Gasteiger partial charge on any atom is -0.451 e. The van der Waals surface area contributed by atoms with Crippen LogP contribution in [-0.2, 0) is 16.4 Å².